The Morgan fingerprint density at radius 2 is 2.00 bits per heavy atom. The van der Waals surface area contributed by atoms with E-state index < -0.39 is 0 Å². The molecule has 0 radical (unpaired) electrons. The zero-order valence-electron chi connectivity index (χ0n) is 6.21. The molecule has 0 N–H and O–H groups in total. The summed E-state index contributed by atoms with van der Waals surface area (Å²) in [6, 6.07) is 0. The number of fused-ring (bicyclic) bond motifs is 1. The third kappa shape index (κ3) is 1.18. The highest BCUT2D eigenvalue weighted by Gasteiger charge is 2.28. The van der Waals surface area contributed by atoms with E-state index >= 15 is 0 Å². The standard InChI is InChI=1S/C8H14O2/c1-2-4-8-7(3-1)5-9-6-10-8/h7-8H,1-6H2. The van der Waals surface area contributed by atoms with Crippen LogP contribution >= 0.6 is 0 Å². The highest BCUT2D eigenvalue weighted by Crippen LogP contribution is 2.29. The van der Waals surface area contributed by atoms with E-state index in [4.69, 9.17) is 9.47 Å². The molecule has 0 aromatic heterocycles. The van der Waals surface area contributed by atoms with Crippen molar-refractivity contribution in [1.29, 1.82) is 0 Å². The van der Waals surface area contributed by atoms with Crippen molar-refractivity contribution < 1.29 is 9.47 Å². The monoisotopic (exact) mass is 142 g/mol. The molecule has 2 atom stereocenters. The van der Waals surface area contributed by atoms with Gasteiger partial charge in [0.15, 0.2) is 0 Å². The number of rotatable bonds is 0. The summed E-state index contributed by atoms with van der Waals surface area (Å²) < 4.78 is 10.7. The Bertz CT molecular complexity index is 87.8. The molecule has 58 valence electrons. The first-order valence-corrected chi connectivity index (χ1v) is 4.16. The molecule has 2 aliphatic rings. The van der Waals surface area contributed by atoms with E-state index in [9.17, 15) is 0 Å². The second-order valence-electron chi connectivity index (χ2n) is 3.24. The molecular weight excluding hydrogens is 128 g/mol. The first-order valence-electron chi connectivity index (χ1n) is 4.16. The smallest absolute Gasteiger partial charge is 0.147 e. The fourth-order valence-corrected chi connectivity index (χ4v) is 1.92. The molecule has 0 spiro atoms. The molecule has 1 heterocycles. The molecule has 2 fully saturated rings. The predicted octanol–water partition coefficient (Wildman–Crippen LogP) is 1.55. The summed E-state index contributed by atoms with van der Waals surface area (Å²) in [6.07, 6.45) is 5.82. The number of hydrogen-bond donors (Lipinski definition) is 0. The number of hydrogen-bond acceptors (Lipinski definition) is 2. The lowest BCUT2D eigenvalue weighted by Crippen LogP contribution is -2.36. The molecule has 2 nitrogen and oxygen atoms in total. The highest BCUT2D eigenvalue weighted by molar-refractivity contribution is 4.76. The lowest BCUT2D eigenvalue weighted by atomic mass is 9.87. The van der Waals surface area contributed by atoms with Gasteiger partial charge in [0.2, 0.25) is 0 Å². The molecule has 0 bridgehead atoms. The van der Waals surface area contributed by atoms with Crippen LogP contribution in [0.3, 0.4) is 0 Å². The topological polar surface area (TPSA) is 18.5 Å². The van der Waals surface area contributed by atoms with Gasteiger partial charge in [-0.15, -0.1) is 0 Å². The Hall–Kier alpha value is -0.0800. The number of ether oxygens (including phenoxy) is 2. The molecule has 10 heavy (non-hydrogen) atoms. The Labute approximate surface area is 61.5 Å². The van der Waals surface area contributed by atoms with Crippen LogP contribution in [-0.2, 0) is 9.47 Å². The van der Waals surface area contributed by atoms with Gasteiger partial charge in [-0.25, -0.2) is 0 Å². The van der Waals surface area contributed by atoms with E-state index in [1.807, 2.05) is 0 Å². The van der Waals surface area contributed by atoms with Crippen LogP contribution in [0.4, 0.5) is 0 Å². The summed E-state index contributed by atoms with van der Waals surface area (Å²) in [4.78, 5) is 0. The van der Waals surface area contributed by atoms with Crippen LogP contribution in [0, 0.1) is 5.92 Å². The molecule has 2 heteroatoms. The molecule has 2 unspecified atom stereocenters. The van der Waals surface area contributed by atoms with Crippen LogP contribution in [0.1, 0.15) is 25.7 Å². The lowest BCUT2D eigenvalue weighted by molar-refractivity contribution is -0.179. The van der Waals surface area contributed by atoms with Crippen LogP contribution in [0.5, 0.6) is 0 Å². The molecular formula is C8H14O2. The van der Waals surface area contributed by atoms with Crippen LogP contribution < -0.4 is 0 Å². The zero-order chi connectivity index (χ0) is 6.81. The van der Waals surface area contributed by atoms with E-state index in [0.29, 0.717) is 18.8 Å². The Kier molecular flexibility index (Phi) is 1.91. The maximum absolute atomic E-state index is 5.46. The minimum absolute atomic E-state index is 0.529. The van der Waals surface area contributed by atoms with E-state index in [-0.39, 0.29) is 0 Å². The van der Waals surface area contributed by atoms with Crippen LogP contribution in [0.2, 0.25) is 0 Å². The van der Waals surface area contributed by atoms with Crippen LogP contribution in [0.15, 0.2) is 0 Å². The van der Waals surface area contributed by atoms with Crippen LogP contribution in [-0.4, -0.2) is 19.5 Å². The van der Waals surface area contributed by atoms with E-state index in [2.05, 4.69) is 0 Å². The molecule has 1 aliphatic heterocycles. The summed E-state index contributed by atoms with van der Waals surface area (Å²) in [5.41, 5.74) is 0. The normalized spacial score (nSPS) is 40.8. The SMILES string of the molecule is C1CCC2OCOCC2C1. The van der Waals surface area contributed by atoms with Crippen LogP contribution in [0.25, 0.3) is 0 Å². The molecule has 0 aromatic rings. The van der Waals surface area contributed by atoms with Crippen molar-refractivity contribution in [2.45, 2.75) is 31.8 Å². The molecule has 2 rings (SSSR count). The van der Waals surface area contributed by atoms with Gasteiger partial charge < -0.3 is 9.47 Å². The highest BCUT2D eigenvalue weighted by atomic mass is 16.7. The van der Waals surface area contributed by atoms with Gasteiger partial charge >= 0.3 is 0 Å². The quantitative estimate of drug-likeness (QED) is 0.511. The van der Waals surface area contributed by atoms with Crippen molar-refractivity contribution in [1.82, 2.24) is 0 Å². The summed E-state index contributed by atoms with van der Waals surface area (Å²) in [6.45, 7) is 1.46. The maximum atomic E-state index is 5.46. The largest absolute Gasteiger partial charge is 0.355 e. The van der Waals surface area contributed by atoms with Crippen molar-refractivity contribution in [3.63, 3.8) is 0 Å². The second kappa shape index (κ2) is 2.89. The van der Waals surface area contributed by atoms with E-state index in [1.165, 1.54) is 25.7 Å². The first kappa shape index (κ1) is 6.62. The average molecular weight is 142 g/mol. The van der Waals surface area contributed by atoms with Gasteiger partial charge in [-0.1, -0.05) is 12.8 Å². The van der Waals surface area contributed by atoms with Crippen molar-refractivity contribution in [2.24, 2.45) is 5.92 Å². The first-order chi connectivity index (χ1) is 4.97. The van der Waals surface area contributed by atoms with E-state index in [1.54, 1.807) is 0 Å². The van der Waals surface area contributed by atoms with Gasteiger partial charge in [0.05, 0.1) is 12.7 Å². The molecule has 0 amide bonds. The van der Waals surface area contributed by atoms with Gasteiger partial charge in [0, 0.05) is 5.92 Å². The summed E-state index contributed by atoms with van der Waals surface area (Å²) in [7, 11) is 0. The molecule has 1 saturated carbocycles. The predicted molar refractivity (Wildman–Crippen MR) is 37.6 cm³/mol. The van der Waals surface area contributed by atoms with Crippen molar-refractivity contribution in [3.05, 3.63) is 0 Å². The summed E-state index contributed by atoms with van der Waals surface area (Å²) in [5.74, 6) is 0.711. The Morgan fingerprint density at radius 1 is 1.10 bits per heavy atom. The minimum Gasteiger partial charge on any atom is -0.355 e. The van der Waals surface area contributed by atoms with E-state index in [0.717, 1.165) is 6.61 Å². The lowest BCUT2D eigenvalue weighted by Gasteiger charge is -2.34. The summed E-state index contributed by atoms with van der Waals surface area (Å²) >= 11 is 0. The van der Waals surface area contributed by atoms with Gasteiger partial charge in [-0.05, 0) is 12.8 Å². The Balaban J connectivity index is 1.93. The molecule has 1 saturated heterocycles. The van der Waals surface area contributed by atoms with Gasteiger partial charge in [0.1, 0.15) is 6.79 Å². The Morgan fingerprint density at radius 3 is 2.90 bits per heavy atom. The third-order valence-corrected chi connectivity index (χ3v) is 2.54. The fraction of sp³-hybridized carbons (Fsp3) is 1.00. The average Bonchev–Trinajstić information content (AvgIpc) is 2.05. The van der Waals surface area contributed by atoms with Gasteiger partial charge in [-0.2, -0.15) is 0 Å². The summed E-state index contributed by atoms with van der Waals surface area (Å²) in [5, 5.41) is 0. The van der Waals surface area contributed by atoms with Gasteiger partial charge in [-0.3, -0.25) is 0 Å². The molecule has 0 aromatic carbocycles. The second-order valence-corrected chi connectivity index (χ2v) is 3.24. The van der Waals surface area contributed by atoms with Gasteiger partial charge in [0.25, 0.3) is 0 Å². The zero-order valence-corrected chi connectivity index (χ0v) is 6.21. The maximum Gasteiger partial charge on any atom is 0.147 e. The van der Waals surface area contributed by atoms with Crippen molar-refractivity contribution in [3.8, 4) is 0 Å². The minimum atomic E-state index is 0.529. The third-order valence-electron chi connectivity index (χ3n) is 2.54. The fourth-order valence-electron chi connectivity index (χ4n) is 1.92. The molecule has 1 aliphatic carbocycles. The van der Waals surface area contributed by atoms with Crippen molar-refractivity contribution >= 4 is 0 Å². The van der Waals surface area contributed by atoms with Crippen molar-refractivity contribution in [2.75, 3.05) is 13.4 Å².